The lowest BCUT2D eigenvalue weighted by atomic mass is 9.91. The molecule has 2 aromatic rings. The molecule has 0 N–H and O–H groups in total. The Bertz CT molecular complexity index is 655. The van der Waals surface area contributed by atoms with Gasteiger partial charge in [-0.15, -0.1) is 11.3 Å². The van der Waals surface area contributed by atoms with E-state index < -0.39 is 11.6 Å². The summed E-state index contributed by atoms with van der Waals surface area (Å²) in [5.74, 6) is -0.759. The van der Waals surface area contributed by atoms with Crippen molar-refractivity contribution < 1.29 is 13.6 Å². The molecule has 1 aliphatic heterocycles. The second-order valence-electron chi connectivity index (χ2n) is 5.87. The van der Waals surface area contributed by atoms with E-state index in [1.807, 2.05) is 0 Å². The van der Waals surface area contributed by atoms with Gasteiger partial charge < -0.3 is 4.90 Å². The molecule has 3 rings (SSSR count). The Hall–Kier alpha value is -1.82. The van der Waals surface area contributed by atoms with E-state index in [1.54, 1.807) is 15.8 Å². The van der Waals surface area contributed by atoms with Gasteiger partial charge in [0.15, 0.2) is 0 Å². The third-order valence-corrected chi connectivity index (χ3v) is 4.91. The summed E-state index contributed by atoms with van der Waals surface area (Å²) < 4.78 is 27.4. The van der Waals surface area contributed by atoms with Crippen molar-refractivity contribution in [1.29, 1.82) is 0 Å². The summed E-state index contributed by atoms with van der Waals surface area (Å²) in [5, 5.41) is 1.75. The van der Waals surface area contributed by atoms with E-state index in [0.29, 0.717) is 25.1 Å². The van der Waals surface area contributed by atoms with Crippen LogP contribution in [-0.4, -0.2) is 28.9 Å². The largest absolute Gasteiger partial charge is 0.337 e. The molecular weight excluding hydrogens is 318 g/mol. The normalized spacial score (nSPS) is 18.2. The number of carbonyl (C=O) groups is 1. The smallest absolute Gasteiger partial charge is 0.273 e. The first-order valence-corrected chi connectivity index (χ1v) is 8.70. The molecule has 1 atom stereocenters. The van der Waals surface area contributed by atoms with Crippen LogP contribution in [0.1, 0.15) is 35.3 Å². The Morgan fingerprint density at radius 2 is 2.13 bits per heavy atom. The van der Waals surface area contributed by atoms with Gasteiger partial charge in [-0.3, -0.25) is 4.79 Å². The minimum absolute atomic E-state index is 0.0481. The molecule has 122 valence electrons. The summed E-state index contributed by atoms with van der Waals surface area (Å²) >= 11 is 1.40. The highest BCUT2D eigenvalue weighted by molar-refractivity contribution is 7.07. The van der Waals surface area contributed by atoms with Gasteiger partial charge in [-0.25, -0.2) is 13.8 Å². The lowest BCUT2D eigenvalue weighted by Gasteiger charge is -2.32. The standard InChI is InChI=1S/C17H18F2N2OS/c18-14-4-1-5-15(19)13(14)7-6-12-3-2-8-21(9-12)17(22)16-10-23-11-20-16/h1,4-5,10-12H,2-3,6-9H2/t12-/m1/s1. The summed E-state index contributed by atoms with van der Waals surface area (Å²) in [7, 11) is 0. The number of hydrogen-bond donors (Lipinski definition) is 0. The molecule has 3 nitrogen and oxygen atoms in total. The minimum Gasteiger partial charge on any atom is -0.337 e. The zero-order valence-electron chi connectivity index (χ0n) is 12.7. The van der Waals surface area contributed by atoms with Gasteiger partial charge >= 0.3 is 0 Å². The topological polar surface area (TPSA) is 33.2 Å². The van der Waals surface area contributed by atoms with Crippen molar-refractivity contribution in [2.75, 3.05) is 13.1 Å². The molecule has 1 fully saturated rings. The highest BCUT2D eigenvalue weighted by Gasteiger charge is 2.25. The zero-order valence-corrected chi connectivity index (χ0v) is 13.5. The zero-order chi connectivity index (χ0) is 16.2. The number of amides is 1. The molecule has 1 saturated heterocycles. The van der Waals surface area contributed by atoms with E-state index in [2.05, 4.69) is 4.98 Å². The first-order chi connectivity index (χ1) is 11.1. The van der Waals surface area contributed by atoms with Crippen LogP contribution in [0.4, 0.5) is 8.78 Å². The van der Waals surface area contributed by atoms with E-state index in [4.69, 9.17) is 0 Å². The van der Waals surface area contributed by atoms with E-state index in [-0.39, 0.29) is 17.4 Å². The predicted molar refractivity (Wildman–Crippen MR) is 85.4 cm³/mol. The molecule has 0 unspecified atom stereocenters. The van der Waals surface area contributed by atoms with Crippen molar-refractivity contribution in [2.24, 2.45) is 5.92 Å². The van der Waals surface area contributed by atoms with Crippen LogP contribution in [0, 0.1) is 17.6 Å². The van der Waals surface area contributed by atoms with Crippen molar-refractivity contribution in [1.82, 2.24) is 9.88 Å². The summed E-state index contributed by atoms with van der Waals surface area (Å²) in [5.41, 5.74) is 2.28. The Morgan fingerprint density at radius 1 is 1.35 bits per heavy atom. The maximum Gasteiger partial charge on any atom is 0.273 e. The van der Waals surface area contributed by atoms with E-state index in [1.165, 1.54) is 29.5 Å². The lowest BCUT2D eigenvalue weighted by molar-refractivity contribution is 0.0663. The number of piperidine rings is 1. The number of rotatable bonds is 4. The monoisotopic (exact) mass is 336 g/mol. The third-order valence-electron chi connectivity index (χ3n) is 4.32. The number of hydrogen-bond acceptors (Lipinski definition) is 3. The minimum atomic E-state index is -0.490. The molecule has 1 aromatic carbocycles. The Kier molecular flexibility index (Phi) is 5.00. The quantitative estimate of drug-likeness (QED) is 0.848. The number of benzene rings is 1. The molecule has 1 amide bonds. The number of nitrogens with zero attached hydrogens (tertiary/aromatic N) is 2. The van der Waals surface area contributed by atoms with Crippen LogP contribution in [0.2, 0.25) is 0 Å². The first-order valence-electron chi connectivity index (χ1n) is 7.75. The maximum atomic E-state index is 13.7. The second kappa shape index (κ2) is 7.17. The highest BCUT2D eigenvalue weighted by atomic mass is 32.1. The summed E-state index contributed by atoms with van der Waals surface area (Å²) in [6.45, 7) is 1.35. The maximum absolute atomic E-state index is 13.7. The summed E-state index contributed by atoms with van der Waals surface area (Å²) in [6.07, 6.45) is 2.94. The molecule has 6 heteroatoms. The molecule has 0 saturated carbocycles. The van der Waals surface area contributed by atoms with Crippen molar-refractivity contribution in [2.45, 2.75) is 25.7 Å². The van der Waals surface area contributed by atoms with Gasteiger partial charge in [0.1, 0.15) is 17.3 Å². The number of thiazole rings is 1. The molecule has 2 heterocycles. The summed E-state index contributed by atoms with van der Waals surface area (Å²) in [4.78, 5) is 18.2. The second-order valence-corrected chi connectivity index (χ2v) is 6.59. The predicted octanol–water partition coefficient (Wildman–Crippen LogP) is 3.91. The van der Waals surface area contributed by atoms with E-state index in [0.717, 1.165) is 19.4 Å². The van der Waals surface area contributed by atoms with Crippen LogP contribution in [-0.2, 0) is 6.42 Å². The Balaban J connectivity index is 1.60. The molecule has 0 aliphatic carbocycles. The molecule has 23 heavy (non-hydrogen) atoms. The first kappa shape index (κ1) is 16.1. The SMILES string of the molecule is O=C(c1cscn1)N1CCC[C@H](CCc2c(F)cccc2F)C1. The molecule has 1 aromatic heterocycles. The van der Waals surface area contributed by atoms with Gasteiger partial charge in [0.05, 0.1) is 5.51 Å². The van der Waals surface area contributed by atoms with Crippen LogP contribution < -0.4 is 0 Å². The molecule has 0 bridgehead atoms. The van der Waals surface area contributed by atoms with Crippen LogP contribution in [0.3, 0.4) is 0 Å². The number of halogens is 2. The van der Waals surface area contributed by atoms with Crippen LogP contribution in [0.5, 0.6) is 0 Å². The van der Waals surface area contributed by atoms with Crippen LogP contribution in [0.25, 0.3) is 0 Å². The molecule has 1 aliphatic rings. The Morgan fingerprint density at radius 3 is 2.83 bits per heavy atom. The third kappa shape index (κ3) is 3.75. The van der Waals surface area contributed by atoms with E-state index in [9.17, 15) is 13.6 Å². The average molecular weight is 336 g/mol. The summed E-state index contributed by atoms with van der Waals surface area (Å²) in [6, 6.07) is 3.96. The van der Waals surface area contributed by atoms with E-state index >= 15 is 0 Å². The number of aromatic nitrogens is 1. The van der Waals surface area contributed by atoms with Crippen molar-refractivity contribution in [3.05, 3.63) is 52.0 Å². The fraction of sp³-hybridized carbons (Fsp3) is 0.412. The van der Waals surface area contributed by atoms with Crippen LogP contribution in [0.15, 0.2) is 29.1 Å². The number of likely N-dealkylation sites (tertiary alicyclic amines) is 1. The average Bonchev–Trinajstić information content (AvgIpc) is 3.08. The van der Waals surface area contributed by atoms with Gasteiger partial charge in [0, 0.05) is 24.0 Å². The van der Waals surface area contributed by atoms with Crippen molar-refractivity contribution >= 4 is 17.2 Å². The lowest BCUT2D eigenvalue weighted by Crippen LogP contribution is -2.40. The van der Waals surface area contributed by atoms with Gasteiger partial charge in [-0.1, -0.05) is 6.07 Å². The van der Waals surface area contributed by atoms with Gasteiger partial charge in [0.2, 0.25) is 0 Å². The molecule has 0 radical (unpaired) electrons. The molecular formula is C17H18F2N2OS. The van der Waals surface area contributed by atoms with Gasteiger partial charge in [0.25, 0.3) is 5.91 Å². The van der Waals surface area contributed by atoms with Gasteiger partial charge in [-0.2, -0.15) is 0 Å². The Labute approximate surface area is 138 Å². The fourth-order valence-corrected chi connectivity index (χ4v) is 3.61. The van der Waals surface area contributed by atoms with Crippen molar-refractivity contribution in [3.8, 4) is 0 Å². The van der Waals surface area contributed by atoms with Crippen LogP contribution >= 0.6 is 11.3 Å². The fourth-order valence-electron chi connectivity index (χ4n) is 3.08. The highest BCUT2D eigenvalue weighted by Crippen LogP contribution is 2.24. The number of carbonyl (C=O) groups excluding carboxylic acids is 1. The molecule has 0 spiro atoms. The van der Waals surface area contributed by atoms with Gasteiger partial charge in [-0.05, 0) is 43.7 Å². The van der Waals surface area contributed by atoms with Crippen molar-refractivity contribution in [3.63, 3.8) is 0 Å².